The van der Waals surface area contributed by atoms with Crippen molar-refractivity contribution in [1.29, 1.82) is 0 Å². The normalized spacial score (nSPS) is 15.7. The van der Waals surface area contributed by atoms with E-state index in [4.69, 9.17) is 25.3 Å². The van der Waals surface area contributed by atoms with Gasteiger partial charge in [0.25, 0.3) is 10.1 Å². The fourth-order valence-corrected chi connectivity index (χ4v) is 4.62. The van der Waals surface area contributed by atoms with Gasteiger partial charge in [-0.1, -0.05) is 41.4 Å². The summed E-state index contributed by atoms with van der Waals surface area (Å²) >= 11 is 6.37. The number of hydrogen-bond acceptors (Lipinski definition) is 5. The standard InChI is InChI=1S/C23H20ClFO5S/c1-14-6-8-18(9-7-14)31(26,27)29-13-17-12-28-21-11-16(25)10-19(23(21)30-17)22-15(2)4-3-5-20(22)24/h3-11,17H,12-13H2,1-2H3/t17-/m1/s1. The Balaban J connectivity index is 1.59. The van der Waals surface area contributed by atoms with E-state index in [0.29, 0.717) is 21.9 Å². The van der Waals surface area contributed by atoms with Crippen molar-refractivity contribution in [2.75, 3.05) is 13.2 Å². The molecule has 0 aromatic heterocycles. The summed E-state index contributed by atoms with van der Waals surface area (Å²) in [4.78, 5) is 0.0599. The van der Waals surface area contributed by atoms with E-state index >= 15 is 0 Å². The molecule has 8 heteroatoms. The van der Waals surface area contributed by atoms with E-state index in [-0.39, 0.29) is 23.9 Å². The highest BCUT2D eigenvalue weighted by atomic mass is 35.5. The highest BCUT2D eigenvalue weighted by molar-refractivity contribution is 7.86. The topological polar surface area (TPSA) is 61.8 Å². The number of benzene rings is 3. The van der Waals surface area contributed by atoms with Crippen LogP contribution in [0.25, 0.3) is 11.1 Å². The van der Waals surface area contributed by atoms with Gasteiger partial charge in [0.2, 0.25) is 0 Å². The highest BCUT2D eigenvalue weighted by Crippen LogP contribution is 2.45. The minimum absolute atomic E-state index is 0.0147. The molecule has 31 heavy (non-hydrogen) atoms. The number of aryl methyl sites for hydroxylation is 2. The van der Waals surface area contributed by atoms with Gasteiger partial charge in [-0.15, -0.1) is 0 Å². The molecule has 3 aromatic rings. The molecule has 1 atom stereocenters. The summed E-state index contributed by atoms with van der Waals surface area (Å²) < 4.78 is 56.0. The van der Waals surface area contributed by atoms with Crippen LogP contribution in [0.4, 0.5) is 4.39 Å². The lowest BCUT2D eigenvalue weighted by molar-refractivity contribution is 0.0558. The van der Waals surface area contributed by atoms with Crippen LogP contribution in [0.15, 0.2) is 59.5 Å². The van der Waals surface area contributed by atoms with Gasteiger partial charge in [-0.25, -0.2) is 4.39 Å². The van der Waals surface area contributed by atoms with Gasteiger partial charge in [-0.3, -0.25) is 4.18 Å². The molecule has 1 aliphatic heterocycles. The van der Waals surface area contributed by atoms with Crippen LogP contribution in [-0.4, -0.2) is 27.7 Å². The Morgan fingerprint density at radius 2 is 1.87 bits per heavy atom. The lowest BCUT2D eigenvalue weighted by Gasteiger charge is -2.28. The van der Waals surface area contributed by atoms with Crippen molar-refractivity contribution in [3.05, 3.63) is 76.6 Å². The molecule has 0 radical (unpaired) electrons. The summed E-state index contributed by atoms with van der Waals surface area (Å²) in [6.45, 7) is 3.48. The van der Waals surface area contributed by atoms with Crippen molar-refractivity contribution in [2.24, 2.45) is 0 Å². The van der Waals surface area contributed by atoms with Crippen molar-refractivity contribution in [3.63, 3.8) is 0 Å². The van der Waals surface area contributed by atoms with Crippen molar-refractivity contribution in [1.82, 2.24) is 0 Å². The Morgan fingerprint density at radius 3 is 2.58 bits per heavy atom. The van der Waals surface area contributed by atoms with E-state index in [2.05, 4.69) is 0 Å². The summed E-state index contributed by atoms with van der Waals surface area (Å²) in [7, 11) is -3.95. The molecular weight excluding hydrogens is 443 g/mol. The molecule has 1 heterocycles. The average Bonchev–Trinajstić information content (AvgIpc) is 2.72. The van der Waals surface area contributed by atoms with Gasteiger partial charge in [0.15, 0.2) is 17.6 Å². The maximum absolute atomic E-state index is 14.2. The number of halogens is 2. The average molecular weight is 463 g/mol. The molecule has 0 aliphatic carbocycles. The van der Waals surface area contributed by atoms with E-state index in [1.807, 2.05) is 19.9 Å². The molecule has 0 saturated heterocycles. The maximum Gasteiger partial charge on any atom is 0.297 e. The van der Waals surface area contributed by atoms with Gasteiger partial charge < -0.3 is 9.47 Å². The smallest absolute Gasteiger partial charge is 0.297 e. The Morgan fingerprint density at radius 1 is 1.13 bits per heavy atom. The quantitative estimate of drug-likeness (QED) is 0.481. The van der Waals surface area contributed by atoms with E-state index in [1.165, 1.54) is 24.3 Å². The molecule has 5 nitrogen and oxygen atoms in total. The van der Waals surface area contributed by atoms with Crippen LogP contribution in [-0.2, 0) is 14.3 Å². The predicted octanol–water partition coefficient (Wildman–Crippen LogP) is 5.31. The third kappa shape index (κ3) is 4.54. The molecule has 0 amide bonds. The molecular formula is C23H20ClFO5S. The summed E-state index contributed by atoms with van der Waals surface area (Å²) in [5.41, 5.74) is 2.83. The van der Waals surface area contributed by atoms with Crippen LogP contribution in [0.1, 0.15) is 11.1 Å². The van der Waals surface area contributed by atoms with Gasteiger partial charge in [-0.05, 0) is 43.7 Å². The number of fused-ring (bicyclic) bond motifs is 1. The van der Waals surface area contributed by atoms with Gasteiger partial charge in [0.1, 0.15) is 19.0 Å². The largest absolute Gasteiger partial charge is 0.486 e. The van der Waals surface area contributed by atoms with E-state index in [1.54, 1.807) is 24.3 Å². The lowest BCUT2D eigenvalue weighted by atomic mass is 9.98. The second kappa shape index (κ2) is 8.49. The first-order chi connectivity index (χ1) is 14.7. The first-order valence-corrected chi connectivity index (χ1v) is 11.4. The van der Waals surface area contributed by atoms with Crippen LogP contribution in [0.5, 0.6) is 11.5 Å². The third-order valence-electron chi connectivity index (χ3n) is 4.94. The van der Waals surface area contributed by atoms with Crippen LogP contribution in [0.3, 0.4) is 0 Å². The fraction of sp³-hybridized carbons (Fsp3) is 0.217. The molecule has 0 bridgehead atoms. The number of rotatable bonds is 5. The summed E-state index contributed by atoms with van der Waals surface area (Å²) in [6, 6.07) is 14.3. The second-order valence-electron chi connectivity index (χ2n) is 7.31. The molecule has 3 aromatic carbocycles. The number of hydrogen-bond donors (Lipinski definition) is 0. The van der Waals surface area contributed by atoms with E-state index in [9.17, 15) is 12.8 Å². The molecule has 1 aliphatic rings. The zero-order valence-corrected chi connectivity index (χ0v) is 18.5. The Kier molecular flexibility index (Phi) is 5.92. The minimum Gasteiger partial charge on any atom is -0.486 e. The molecule has 162 valence electrons. The highest BCUT2D eigenvalue weighted by Gasteiger charge is 2.28. The molecule has 0 fully saturated rings. The molecule has 0 spiro atoms. The lowest BCUT2D eigenvalue weighted by Crippen LogP contribution is -2.34. The maximum atomic E-state index is 14.2. The van der Waals surface area contributed by atoms with Crippen LogP contribution in [0.2, 0.25) is 5.02 Å². The van der Waals surface area contributed by atoms with E-state index in [0.717, 1.165) is 11.1 Å². The summed E-state index contributed by atoms with van der Waals surface area (Å²) in [5.74, 6) is 0.0328. The Bertz CT molecular complexity index is 1210. The van der Waals surface area contributed by atoms with Crippen LogP contribution >= 0.6 is 11.6 Å². The second-order valence-corrected chi connectivity index (χ2v) is 9.34. The summed E-state index contributed by atoms with van der Waals surface area (Å²) in [6.07, 6.45) is -0.709. The first-order valence-electron chi connectivity index (χ1n) is 9.59. The SMILES string of the molecule is Cc1ccc(S(=O)(=O)OC[C@H]2COc3cc(F)cc(-c4c(C)cccc4Cl)c3O2)cc1. The molecule has 0 saturated carbocycles. The minimum atomic E-state index is -3.95. The zero-order chi connectivity index (χ0) is 22.2. The van der Waals surface area contributed by atoms with Crippen molar-refractivity contribution < 1.29 is 26.5 Å². The van der Waals surface area contributed by atoms with Crippen molar-refractivity contribution in [2.45, 2.75) is 24.8 Å². The monoisotopic (exact) mass is 462 g/mol. The van der Waals surface area contributed by atoms with Gasteiger partial charge in [-0.2, -0.15) is 8.42 Å². The van der Waals surface area contributed by atoms with Crippen molar-refractivity contribution >= 4 is 21.7 Å². The van der Waals surface area contributed by atoms with Crippen molar-refractivity contribution in [3.8, 4) is 22.6 Å². The zero-order valence-electron chi connectivity index (χ0n) is 16.9. The van der Waals surface area contributed by atoms with E-state index < -0.39 is 22.0 Å². The molecule has 0 unspecified atom stereocenters. The molecule has 4 rings (SSSR count). The predicted molar refractivity (Wildman–Crippen MR) is 116 cm³/mol. The fourth-order valence-electron chi connectivity index (χ4n) is 3.36. The van der Waals surface area contributed by atoms with Gasteiger partial charge in [0, 0.05) is 22.2 Å². The summed E-state index contributed by atoms with van der Waals surface area (Å²) in [5, 5.41) is 0.441. The van der Waals surface area contributed by atoms with Crippen LogP contribution < -0.4 is 9.47 Å². The van der Waals surface area contributed by atoms with Crippen LogP contribution in [0, 0.1) is 19.7 Å². The van der Waals surface area contributed by atoms with Gasteiger partial charge >= 0.3 is 0 Å². The number of ether oxygens (including phenoxy) is 2. The third-order valence-corrected chi connectivity index (χ3v) is 6.55. The molecule has 0 N–H and O–H groups in total. The Hall–Kier alpha value is -2.61. The first kappa shape index (κ1) is 21.6. The van der Waals surface area contributed by atoms with Gasteiger partial charge in [0.05, 0.1) is 4.90 Å². The Labute approximate surface area is 185 Å².